The van der Waals surface area contributed by atoms with Crippen molar-refractivity contribution >= 4 is 33.2 Å². The second-order valence-electron chi connectivity index (χ2n) is 5.71. The minimum Gasteiger partial charge on any atom is -0.378 e. The first-order valence-corrected chi connectivity index (χ1v) is 9.16. The molecule has 1 aromatic carbocycles. The van der Waals surface area contributed by atoms with Crippen molar-refractivity contribution in [1.82, 2.24) is 9.80 Å². The lowest BCUT2D eigenvalue weighted by atomic mass is 10.1. The van der Waals surface area contributed by atoms with Crippen LogP contribution in [0.4, 0.5) is 0 Å². The number of carbonyl (C=O) groups is 2. The molecule has 1 saturated heterocycles. The predicted octanol–water partition coefficient (Wildman–Crippen LogP) is 2.86. The van der Waals surface area contributed by atoms with Crippen LogP contribution in [-0.2, 0) is 4.74 Å². The van der Waals surface area contributed by atoms with Gasteiger partial charge in [0.2, 0.25) is 0 Å². The smallest absolute Gasteiger partial charge is 0.264 e. The number of benzene rings is 1. The minimum atomic E-state index is 0.0220. The Morgan fingerprint density at radius 3 is 2.58 bits per heavy atom. The molecule has 0 N–H and O–H groups in total. The van der Waals surface area contributed by atoms with Crippen LogP contribution < -0.4 is 0 Å². The van der Waals surface area contributed by atoms with E-state index in [1.54, 1.807) is 4.90 Å². The second kappa shape index (κ2) is 7.32. The molecule has 0 atom stereocenters. The fourth-order valence-electron chi connectivity index (χ4n) is 2.96. The third-order valence-corrected chi connectivity index (χ3v) is 5.44. The van der Waals surface area contributed by atoms with Crippen LogP contribution in [0.15, 0.2) is 24.3 Å². The molecule has 24 heavy (non-hydrogen) atoms. The van der Waals surface area contributed by atoms with Crippen molar-refractivity contribution in [3.63, 3.8) is 0 Å². The van der Waals surface area contributed by atoms with Gasteiger partial charge in [-0.15, -0.1) is 11.3 Å². The zero-order valence-electron chi connectivity index (χ0n) is 14.1. The maximum absolute atomic E-state index is 12.7. The summed E-state index contributed by atoms with van der Waals surface area (Å²) in [5.41, 5.74) is 0.675. The van der Waals surface area contributed by atoms with Gasteiger partial charge in [-0.3, -0.25) is 9.59 Å². The van der Waals surface area contributed by atoms with Crippen LogP contribution in [0.2, 0.25) is 0 Å². The number of rotatable bonds is 4. The molecule has 2 aromatic rings. The Balaban J connectivity index is 1.95. The van der Waals surface area contributed by atoms with Gasteiger partial charge in [0.15, 0.2) is 0 Å². The normalized spacial score (nSPS) is 14.8. The highest BCUT2D eigenvalue weighted by Crippen LogP contribution is 2.30. The van der Waals surface area contributed by atoms with Gasteiger partial charge in [-0.25, -0.2) is 0 Å². The van der Waals surface area contributed by atoms with E-state index in [1.165, 1.54) is 11.3 Å². The zero-order chi connectivity index (χ0) is 17.1. The Morgan fingerprint density at radius 2 is 1.92 bits per heavy atom. The van der Waals surface area contributed by atoms with Crippen LogP contribution in [0.3, 0.4) is 0 Å². The van der Waals surface area contributed by atoms with Crippen LogP contribution in [0.1, 0.15) is 33.9 Å². The summed E-state index contributed by atoms with van der Waals surface area (Å²) < 4.78 is 6.28. The first-order chi connectivity index (χ1) is 11.7. The number of nitrogens with zero attached hydrogens (tertiary/aromatic N) is 2. The number of ether oxygens (including phenoxy) is 1. The maximum atomic E-state index is 12.7. The molecule has 1 fully saturated rings. The average molecular weight is 346 g/mol. The molecule has 1 aliphatic heterocycles. The summed E-state index contributed by atoms with van der Waals surface area (Å²) in [6.07, 6.45) is 0. The standard InChI is InChI=1S/C18H22N2O3S/c1-3-19(4-2)17(21)13-6-5-7-15-14(13)12-16(24-15)18(22)20-8-10-23-11-9-20/h5-7,12H,3-4,8-11H2,1-2H3. The number of fused-ring (bicyclic) bond motifs is 1. The van der Waals surface area contributed by atoms with Gasteiger partial charge in [0.1, 0.15) is 0 Å². The molecular weight excluding hydrogens is 324 g/mol. The number of morpholine rings is 1. The maximum Gasteiger partial charge on any atom is 0.264 e. The van der Waals surface area contributed by atoms with Crippen LogP contribution in [0, 0.1) is 0 Å². The van der Waals surface area contributed by atoms with Gasteiger partial charge in [-0.1, -0.05) is 6.07 Å². The Morgan fingerprint density at radius 1 is 1.21 bits per heavy atom. The minimum absolute atomic E-state index is 0.0220. The first kappa shape index (κ1) is 16.9. The van der Waals surface area contributed by atoms with Gasteiger partial charge in [0.05, 0.1) is 18.1 Å². The van der Waals surface area contributed by atoms with E-state index in [0.29, 0.717) is 49.8 Å². The molecule has 5 nitrogen and oxygen atoms in total. The zero-order valence-corrected chi connectivity index (χ0v) is 14.9. The van der Waals surface area contributed by atoms with Crippen LogP contribution >= 0.6 is 11.3 Å². The average Bonchev–Trinajstić information content (AvgIpc) is 3.06. The van der Waals surface area contributed by atoms with Crippen molar-refractivity contribution < 1.29 is 14.3 Å². The summed E-state index contributed by atoms with van der Waals surface area (Å²) >= 11 is 1.45. The van der Waals surface area contributed by atoms with Crippen molar-refractivity contribution in [3.05, 3.63) is 34.7 Å². The predicted molar refractivity (Wildman–Crippen MR) is 95.8 cm³/mol. The third-order valence-electron chi connectivity index (χ3n) is 4.35. The number of carbonyl (C=O) groups excluding carboxylic acids is 2. The Labute approximate surface area is 145 Å². The largest absolute Gasteiger partial charge is 0.378 e. The fourth-order valence-corrected chi connectivity index (χ4v) is 4.01. The summed E-state index contributed by atoms with van der Waals surface area (Å²) in [6.45, 7) is 7.72. The number of thiophene rings is 1. The molecule has 1 aromatic heterocycles. The van der Waals surface area contributed by atoms with Crippen molar-refractivity contribution in [2.75, 3.05) is 39.4 Å². The highest BCUT2D eigenvalue weighted by Gasteiger charge is 2.22. The highest BCUT2D eigenvalue weighted by molar-refractivity contribution is 7.20. The molecule has 0 radical (unpaired) electrons. The second-order valence-corrected chi connectivity index (χ2v) is 6.79. The van der Waals surface area contributed by atoms with Gasteiger partial charge in [0, 0.05) is 41.8 Å². The Kier molecular flexibility index (Phi) is 5.16. The highest BCUT2D eigenvalue weighted by atomic mass is 32.1. The summed E-state index contributed by atoms with van der Waals surface area (Å²) in [4.78, 5) is 29.7. The Bertz CT molecular complexity index is 746. The molecule has 2 amide bonds. The van der Waals surface area contributed by atoms with E-state index in [4.69, 9.17) is 4.74 Å². The molecule has 6 heteroatoms. The van der Waals surface area contributed by atoms with E-state index < -0.39 is 0 Å². The van der Waals surface area contributed by atoms with Gasteiger partial charge in [-0.2, -0.15) is 0 Å². The van der Waals surface area contributed by atoms with Crippen molar-refractivity contribution in [2.45, 2.75) is 13.8 Å². The topological polar surface area (TPSA) is 49.9 Å². The lowest BCUT2D eigenvalue weighted by Gasteiger charge is -2.26. The summed E-state index contributed by atoms with van der Waals surface area (Å²) in [6, 6.07) is 7.57. The monoisotopic (exact) mass is 346 g/mol. The SMILES string of the molecule is CCN(CC)C(=O)c1cccc2sc(C(=O)N3CCOCC3)cc12. The molecule has 2 heterocycles. The Hall–Kier alpha value is -1.92. The van der Waals surface area contributed by atoms with E-state index >= 15 is 0 Å². The van der Waals surface area contributed by atoms with Crippen LogP contribution in [0.25, 0.3) is 10.1 Å². The van der Waals surface area contributed by atoms with Gasteiger partial charge in [0.25, 0.3) is 11.8 Å². The lowest BCUT2D eigenvalue weighted by Crippen LogP contribution is -2.40. The molecule has 128 valence electrons. The van der Waals surface area contributed by atoms with Crippen LogP contribution in [0.5, 0.6) is 0 Å². The summed E-state index contributed by atoms with van der Waals surface area (Å²) in [7, 11) is 0. The molecule has 0 bridgehead atoms. The molecule has 0 saturated carbocycles. The molecule has 0 unspecified atom stereocenters. The van der Waals surface area contributed by atoms with Gasteiger partial charge >= 0.3 is 0 Å². The fraction of sp³-hybridized carbons (Fsp3) is 0.444. The molecule has 3 rings (SSSR count). The lowest BCUT2D eigenvalue weighted by molar-refractivity contribution is 0.0306. The van der Waals surface area contributed by atoms with E-state index in [2.05, 4.69) is 0 Å². The molecule has 0 aliphatic carbocycles. The van der Waals surface area contributed by atoms with E-state index in [0.717, 1.165) is 10.1 Å². The third kappa shape index (κ3) is 3.16. The number of amides is 2. The first-order valence-electron chi connectivity index (χ1n) is 8.34. The van der Waals surface area contributed by atoms with Crippen molar-refractivity contribution in [2.24, 2.45) is 0 Å². The number of hydrogen-bond donors (Lipinski definition) is 0. The molecule has 1 aliphatic rings. The van der Waals surface area contributed by atoms with Gasteiger partial charge < -0.3 is 14.5 Å². The molecular formula is C18H22N2O3S. The summed E-state index contributed by atoms with van der Waals surface area (Å²) in [5.74, 6) is 0.0505. The van der Waals surface area contributed by atoms with Crippen molar-refractivity contribution in [3.8, 4) is 0 Å². The quantitative estimate of drug-likeness (QED) is 0.855. The number of hydrogen-bond acceptors (Lipinski definition) is 4. The van der Waals surface area contributed by atoms with E-state index in [-0.39, 0.29) is 11.8 Å². The van der Waals surface area contributed by atoms with E-state index in [9.17, 15) is 9.59 Å². The van der Waals surface area contributed by atoms with Gasteiger partial charge in [-0.05, 0) is 32.0 Å². The summed E-state index contributed by atoms with van der Waals surface area (Å²) in [5, 5.41) is 0.871. The van der Waals surface area contributed by atoms with Crippen molar-refractivity contribution in [1.29, 1.82) is 0 Å². The van der Waals surface area contributed by atoms with E-state index in [1.807, 2.05) is 43.0 Å². The van der Waals surface area contributed by atoms with Crippen LogP contribution in [-0.4, -0.2) is 61.0 Å². The molecule has 0 spiro atoms.